The average molecular weight is 599 g/mol. The van der Waals surface area contributed by atoms with Crippen molar-refractivity contribution in [2.24, 2.45) is 5.41 Å². The van der Waals surface area contributed by atoms with Crippen molar-refractivity contribution >= 4 is 29.8 Å². The summed E-state index contributed by atoms with van der Waals surface area (Å²) in [5.74, 6) is -3.13. The monoisotopic (exact) mass is 598 g/mol. The van der Waals surface area contributed by atoms with Gasteiger partial charge in [0, 0.05) is 46.5 Å². The summed E-state index contributed by atoms with van der Waals surface area (Å²) in [4.78, 5) is 59.2. The molecule has 0 aromatic carbocycles. The highest BCUT2D eigenvalue weighted by molar-refractivity contribution is 5.69. The highest BCUT2D eigenvalue weighted by Gasteiger charge is 2.75. The SMILES string of the molecule is CC(=O)OC[C@H]1O[C@@H](O[C@H]2CC(C)(C)[C@]3(/C=C/[C@H](C)OC(C)=O)O[C@]3(C)C2)[C@H](OC(C)=O)[C@@H](OC(C)=O)[C@@H]1OC(C)=O. The zero-order chi connectivity index (χ0) is 31.6. The molecular formula is C29H42O13. The van der Waals surface area contributed by atoms with Gasteiger partial charge in [-0.2, -0.15) is 0 Å². The number of hydrogen-bond donors (Lipinski definition) is 0. The van der Waals surface area contributed by atoms with Crippen LogP contribution >= 0.6 is 0 Å². The number of esters is 5. The van der Waals surface area contributed by atoms with E-state index in [4.69, 9.17) is 37.9 Å². The lowest BCUT2D eigenvalue weighted by molar-refractivity contribution is -0.320. The van der Waals surface area contributed by atoms with Crippen molar-refractivity contribution in [1.29, 1.82) is 0 Å². The van der Waals surface area contributed by atoms with Crippen LogP contribution in [-0.2, 0) is 61.9 Å². The molecule has 13 nitrogen and oxygen atoms in total. The minimum atomic E-state index is -1.32. The largest absolute Gasteiger partial charge is 0.463 e. The molecule has 0 N–H and O–H groups in total. The fourth-order valence-electron chi connectivity index (χ4n) is 6.20. The Kier molecular flexibility index (Phi) is 10.1. The van der Waals surface area contributed by atoms with Crippen molar-refractivity contribution in [3.63, 3.8) is 0 Å². The average Bonchev–Trinajstić information content (AvgIpc) is 3.45. The third kappa shape index (κ3) is 7.48. The summed E-state index contributed by atoms with van der Waals surface area (Å²) in [6.07, 6.45) is -2.53. The Bertz CT molecular complexity index is 1100. The summed E-state index contributed by atoms with van der Waals surface area (Å²) in [6.45, 7) is 13.5. The molecular weight excluding hydrogens is 556 g/mol. The number of epoxide rings is 1. The van der Waals surface area contributed by atoms with Gasteiger partial charge in [0.15, 0.2) is 24.6 Å². The lowest BCUT2D eigenvalue weighted by atomic mass is 9.63. The zero-order valence-electron chi connectivity index (χ0n) is 25.6. The lowest BCUT2D eigenvalue weighted by Gasteiger charge is -2.46. The number of rotatable bonds is 10. The smallest absolute Gasteiger partial charge is 0.303 e. The Morgan fingerprint density at radius 3 is 1.90 bits per heavy atom. The third-order valence-corrected chi connectivity index (χ3v) is 7.72. The predicted octanol–water partition coefficient (Wildman–Crippen LogP) is 2.31. The molecule has 0 unspecified atom stereocenters. The Morgan fingerprint density at radius 2 is 1.38 bits per heavy atom. The maximum absolute atomic E-state index is 12.1. The fraction of sp³-hybridized carbons (Fsp3) is 0.759. The summed E-state index contributed by atoms with van der Waals surface area (Å²) in [6, 6.07) is 0. The molecule has 0 amide bonds. The third-order valence-electron chi connectivity index (χ3n) is 7.72. The molecule has 0 bridgehead atoms. The summed E-state index contributed by atoms with van der Waals surface area (Å²) < 4.78 is 45.7. The van der Waals surface area contributed by atoms with E-state index in [2.05, 4.69) is 0 Å². The van der Waals surface area contributed by atoms with Gasteiger partial charge in [0.1, 0.15) is 30.0 Å². The zero-order valence-corrected chi connectivity index (χ0v) is 25.6. The standard InChI is InChI=1S/C29H42O13/c1-15(36-17(3)31)10-11-29-27(7,8)12-21(13-28(29,9)42-29)40-26-25(39-20(6)34)24(38-19(5)33)23(37-18(4)32)22(41-26)14-35-16(2)30/h10-11,15,21-26H,12-14H2,1-9H3/b11-10+/t15-,21-,22+,23+,24-,25+,26+,28+,29-/m0/s1. The highest BCUT2D eigenvalue weighted by Crippen LogP contribution is 2.66. The van der Waals surface area contributed by atoms with Gasteiger partial charge in [-0.1, -0.05) is 13.8 Å². The molecule has 3 fully saturated rings. The molecule has 2 aliphatic heterocycles. The Balaban J connectivity index is 1.89. The maximum Gasteiger partial charge on any atom is 0.303 e. The molecule has 236 valence electrons. The fourth-order valence-corrected chi connectivity index (χ4v) is 6.20. The van der Waals surface area contributed by atoms with Gasteiger partial charge in [0.05, 0.1) is 6.10 Å². The molecule has 0 spiro atoms. The second-order valence-electron chi connectivity index (χ2n) is 11.9. The first-order valence-electron chi connectivity index (χ1n) is 13.9. The van der Waals surface area contributed by atoms with E-state index >= 15 is 0 Å². The van der Waals surface area contributed by atoms with Crippen LogP contribution in [0.3, 0.4) is 0 Å². The normalized spacial score (nSPS) is 35.7. The first-order chi connectivity index (χ1) is 19.4. The van der Waals surface area contributed by atoms with E-state index in [0.717, 1.165) is 13.8 Å². The molecule has 1 aliphatic carbocycles. The predicted molar refractivity (Wildman–Crippen MR) is 142 cm³/mol. The summed E-state index contributed by atoms with van der Waals surface area (Å²) in [5, 5.41) is 0. The van der Waals surface area contributed by atoms with Crippen molar-refractivity contribution in [2.75, 3.05) is 6.61 Å². The molecule has 13 heteroatoms. The van der Waals surface area contributed by atoms with Gasteiger partial charge in [-0.05, 0) is 32.4 Å². The van der Waals surface area contributed by atoms with E-state index in [9.17, 15) is 24.0 Å². The van der Waals surface area contributed by atoms with Gasteiger partial charge in [0.2, 0.25) is 0 Å². The van der Waals surface area contributed by atoms with Crippen LogP contribution in [0.5, 0.6) is 0 Å². The van der Waals surface area contributed by atoms with Crippen LogP contribution in [0, 0.1) is 5.41 Å². The van der Waals surface area contributed by atoms with Crippen molar-refractivity contribution in [1.82, 2.24) is 0 Å². The first kappa shape index (κ1) is 33.5. The molecule has 0 aromatic rings. The Hall–Kier alpha value is -3.03. The van der Waals surface area contributed by atoms with Crippen LogP contribution in [0.25, 0.3) is 0 Å². The number of carbonyl (C=O) groups is 5. The molecule has 1 saturated carbocycles. The van der Waals surface area contributed by atoms with Gasteiger partial charge in [-0.15, -0.1) is 0 Å². The Morgan fingerprint density at radius 1 is 0.810 bits per heavy atom. The quantitative estimate of drug-likeness (QED) is 0.156. The van der Waals surface area contributed by atoms with Gasteiger partial charge >= 0.3 is 29.8 Å². The molecule has 0 radical (unpaired) electrons. The summed E-state index contributed by atoms with van der Waals surface area (Å²) in [5.41, 5.74) is -1.74. The maximum atomic E-state index is 12.1. The summed E-state index contributed by atoms with van der Waals surface area (Å²) >= 11 is 0. The van der Waals surface area contributed by atoms with Crippen LogP contribution in [-0.4, -0.2) is 90.6 Å². The van der Waals surface area contributed by atoms with E-state index in [0.29, 0.717) is 12.8 Å². The molecule has 2 saturated heterocycles. The minimum absolute atomic E-state index is 0.344. The van der Waals surface area contributed by atoms with Gasteiger partial charge in [-0.25, -0.2) is 0 Å². The number of hydrogen-bond acceptors (Lipinski definition) is 13. The molecule has 2 heterocycles. The number of fused-ring (bicyclic) bond motifs is 1. The second-order valence-corrected chi connectivity index (χ2v) is 11.9. The molecule has 3 aliphatic rings. The van der Waals surface area contributed by atoms with E-state index in [1.165, 1.54) is 20.8 Å². The van der Waals surface area contributed by atoms with Crippen LogP contribution in [0.2, 0.25) is 0 Å². The van der Waals surface area contributed by atoms with Crippen LogP contribution < -0.4 is 0 Å². The first-order valence-corrected chi connectivity index (χ1v) is 13.9. The van der Waals surface area contributed by atoms with E-state index in [1.54, 1.807) is 13.0 Å². The molecule has 9 atom stereocenters. The van der Waals surface area contributed by atoms with Gasteiger partial charge in [0.25, 0.3) is 0 Å². The highest BCUT2D eigenvalue weighted by atomic mass is 16.7. The van der Waals surface area contributed by atoms with Crippen molar-refractivity contribution < 1.29 is 61.9 Å². The van der Waals surface area contributed by atoms with Crippen molar-refractivity contribution in [3.05, 3.63) is 12.2 Å². The van der Waals surface area contributed by atoms with Crippen molar-refractivity contribution in [3.8, 4) is 0 Å². The molecule has 0 aromatic heterocycles. The number of ether oxygens (including phenoxy) is 8. The Labute approximate surface area is 245 Å². The van der Waals surface area contributed by atoms with Crippen LogP contribution in [0.1, 0.15) is 75.2 Å². The van der Waals surface area contributed by atoms with Crippen LogP contribution in [0.4, 0.5) is 0 Å². The molecule has 42 heavy (non-hydrogen) atoms. The van der Waals surface area contributed by atoms with E-state index in [1.807, 2.05) is 26.8 Å². The minimum Gasteiger partial charge on any atom is -0.463 e. The van der Waals surface area contributed by atoms with E-state index < -0.39 is 83.4 Å². The van der Waals surface area contributed by atoms with Gasteiger partial charge < -0.3 is 37.9 Å². The molecule has 3 rings (SSSR count). The van der Waals surface area contributed by atoms with Crippen molar-refractivity contribution in [2.45, 2.75) is 129 Å². The lowest BCUT2D eigenvalue weighted by Crippen LogP contribution is -2.63. The number of carbonyl (C=O) groups excluding carboxylic acids is 5. The van der Waals surface area contributed by atoms with Crippen LogP contribution in [0.15, 0.2) is 12.2 Å². The van der Waals surface area contributed by atoms with E-state index in [-0.39, 0.29) is 12.6 Å². The second kappa shape index (κ2) is 12.7. The summed E-state index contributed by atoms with van der Waals surface area (Å²) in [7, 11) is 0. The van der Waals surface area contributed by atoms with Gasteiger partial charge in [-0.3, -0.25) is 24.0 Å². The topological polar surface area (TPSA) is 162 Å².